The van der Waals surface area contributed by atoms with E-state index < -0.39 is 17.7 Å². The Morgan fingerprint density at radius 1 is 1.23 bits per heavy atom. The van der Waals surface area contributed by atoms with Gasteiger partial charge in [-0.1, -0.05) is 17.7 Å². The molecule has 2 aromatic heterocycles. The molecular formula is C26H30ClN9O3. The lowest BCUT2D eigenvalue weighted by molar-refractivity contribution is 0.0231. The van der Waals surface area contributed by atoms with Crippen LogP contribution in [0.25, 0.3) is 10.9 Å². The average Bonchev–Trinajstić information content (AvgIpc) is 3.72. The van der Waals surface area contributed by atoms with Crippen LogP contribution in [-0.2, 0) is 4.74 Å². The van der Waals surface area contributed by atoms with Gasteiger partial charge >= 0.3 is 6.09 Å². The van der Waals surface area contributed by atoms with Gasteiger partial charge in [0, 0.05) is 13.1 Å². The molecule has 2 fully saturated rings. The van der Waals surface area contributed by atoms with Crippen LogP contribution in [0.2, 0.25) is 5.02 Å². The molecule has 1 aliphatic carbocycles. The van der Waals surface area contributed by atoms with Crippen molar-refractivity contribution in [2.75, 3.05) is 42.2 Å². The van der Waals surface area contributed by atoms with Crippen LogP contribution in [-0.4, -0.2) is 62.4 Å². The lowest BCUT2D eigenvalue weighted by Crippen LogP contribution is -2.57. The van der Waals surface area contributed by atoms with E-state index in [9.17, 15) is 14.9 Å². The summed E-state index contributed by atoms with van der Waals surface area (Å²) in [5.41, 5.74) is 5.62. The molecule has 1 aromatic carbocycles. The zero-order chi connectivity index (χ0) is 27.9. The molecule has 1 atom stereocenters. The number of amides is 1. The first-order valence-corrected chi connectivity index (χ1v) is 13.2. The van der Waals surface area contributed by atoms with Gasteiger partial charge in [-0.3, -0.25) is 4.79 Å². The molecule has 1 unspecified atom stereocenters. The molecule has 5 rings (SSSR count). The van der Waals surface area contributed by atoms with Gasteiger partial charge in [0.05, 0.1) is 35.1 Å². The maximum Gasteiger partial charge on any atom is 0.410 e. The molecule has 0 radical (unpaired) electrons. The summed E-state index contributed by atoms with van der Waals surface area (Å²) in [4.78, 5) is 41.4. The Morgan fingerprint density at radius 3 is 2.59 bits per heavy atom. The lowest BCUT2D eigenvalue weighted by Gasteiger charge is -2.38. The first-order chi connectivity index (χ1) is 18.6. The van der Waals surface area contributed by atoms with Crippen molar-refractivity contribution in [3.63, 3.8) is 0 Å². The summed E-state index contributed by atoms with van der Waals surface area (Å²) < 4.78 is 7.09. The van der Waals surface area contributed by atoms with Gasteiger partial charge in [-0.05, 0) is 51.7 Å². The Balaban J connectivity index is 1.56. The summed E-state index contributed by atoms with van der Waals surface area (Å²) in [6, 6.07) is 6.79. The molecule has 1 amide bonds. The molecule has 12 nitrogen and oxygen atoms in total. The third-order valence-corrected chi connectivity index (χ3v) is 7.01. The number of carbonyl (C=O) groups is 1. The summed E-state index contributed by atoms with van der Waals surface area (Å²) in [6.45, 7) is 6.96. The number of nitrogens with zero attached hydrogens (tertiary/aromatic N) is 7. The minimum atomic E-state index is -0.604. The maximum atomic E-state index is 14.0. The number of hydrogen-bond acceptors (Lipinski definition) is 10. The standard InChI is InChI=1S/C26H30ClN9O3/c1-26(2,3)39-25(38)34-9-11-35(12-10-34)36-23(32-18-6-4-5-17(27)19(18)24(36)37)20(15-7-8-15)33-22-16(13-28)21(29)30-14-31-22/h4-6,14-15,20H,7-12H2,1-3H3,(H3,29,30,31,33). The van der Waals surface area contributed by atoms with Crippen molar-refractivity contribution in [1.29, 1.82) is 5.26 Å². The van der Waals surface area contributed by atoms with E-state index in [1.807, 2.05) is 25.8 Å². The monoisotopic (exact) mass is 551 g/mol. The molecule has 204 valence electrons. The maximum absolute atomic E-state index is 14.0. The largest absolute Gasteiger partial charge is 0.444 e. The highest BCUT2D eigenvalue weighted by atomic mass is 35.5. The van der Waals surface area contributed by atoms with Crippen LogP contribution in [0.4, 0.5) is 16.4 Å². The fourth-order valence-corrected chi connectivity index (χ4v) is 4.92. The third-order valence-electron chi connectivity index (χ3n) is 6.69. The summed E-state index contributed by atoms with van der Waals surface area (Å²) in [5.74, 6) is 0.983. The van der Waals surface area contributed by atoms with Crippen LogP contribution >= 0.6 is 11.6 Å². The molecule has 3 aromatic rings. The number of benzene rings is 1. The minimum Gasteiger partial charge on any atom is -0.444 e. The predicted molar refractivity (Wildman–Crippen MR) is 147 cm³/mol. The molecule has 3 N–H and O–H groups in total. The number of carbonyl (C=O) groups excluding carboxylic acids is 1. The molecule has 1 aliphatic heterocycles. The van der Waals surface area contributed by atoms with Gasteiger partial charge < -0.3 is 25.7 Å². The second-order valence-corrected chi connectivity index (χ2v) is 11.1. The highest BCUT2D eigenvalue weighted by molar-refractivity contribution is 6.35. The smallest absolute Gasteiger partial charge is 0.410 e. The topological polar surface area (TPSA) is 155 Å². The molecular weight excluding hydrogens is 522 g/mol. The van der Waals surface area contributed by atoms with Gasteiger partial charge in [0.1, 0.15) is 35.2 Å². The van der Waals surface area contributed by atoms with Crippen LogP contribution in [0.15, 0.2) is 29.3 Å². The van der Waals surface area contributed by atoms with E-state index in [2.05, 4.69) is 21.4 Å². The number of aromatic nitrogens is 4. The molecule has 3 heterocycles. The van der Waals surface area contributed by atoms with Gasteiger partial charge in [-0.15, -0.1) is 0 Å². The van der Waals surface area contributed by atoms with Crippen molar-refractivity contribution in [2.24, 2.45) is 5.92 Å². The highest BCUT2D eigenvalue weighted by Gasteiger charge is 2.38. The molecule has 1 saturated carbocycles. The second kappa shape index (κ2) is 10.2. The number of hydrogen-bond donors (Lipinski definition) is 2. The van der Waals surface area contributed by atoms with E-state index >= 15 is 0 Å². The number of rotatable bonds is 5. The average molecular weight is 552 g/mol. The first-order valence-electron chi connectivity index (χ1n) is 12.8. The van der Waals surface area contributed by atoms with E-state index in [0.717, 1.165) is 12.8 Å². The molecule has 1 saturated heterocycles. The fourth-order valence-electron chi connectivity index (χ4n) is 4.67. The Bertz CT molecular complexity index is 1520. The van der Waals surface area contributed by atoms with Crippen LogP contribution in [0, 0.1) is 17.2 Å². The quantitative estimate of drug-likeness (QED) is 0.483. The Hall–Kier alpha value is -4.11. The molecule has 0 spiro atoms. The van der Waals surface area contributed by atoms with Crippen molar-refractivity contribution in [3.8, 4) is 6.07 Å². The van der Waals surface area contributed by atoms with Crippen molar-refractivity contribution >= 4 is 40.2 Å². The van der Waals surface area contributed by atoms with Crippen molar-refractivity contribution in [1.82, 2.24) is 24.5 Å². The van der Waals surface area contributed by atoms with Crippen LogP contribution in [0.5, 0.6) is 0 Å². The number of nitriles is 1. The van der Waals surface area contributed by atoms with Crippen molar-refractivity contribution < 1.29 is 9.53 Å². The van der Waals surface area contributed by atoms with Crippen molar-refractivity contribution in [3.05, 3.63) is 51.3 Å². The summed E-state index contributed by atoms with van der Waals surface area (Å²) >= 11 is 6.47. The van der Waals surface area contributed by atoms with Gasteiger partial charge in [0.2, 0.25) is 0 Å². The number of ether oxygens (including phenoxy) is 1. The zero-order valence-electron chi connectivity index (χ0n) is 22.0. The van der Waals surface area contributed by atoms with Gasteiger partial charge in [0.25, 0.3) is 5.56 Å². The number of anilines is 2. The Kier molecular flexibility index (Phi) is 6.94. The number of fused-ring (bicyclic) bond motifs is 1. The van der Waals surface area contributed by atoms with Gasteiger partial charge in [-0.2, -0.15) is 5.26 Å². The Morgan fingerprint density at radius 2 is 1.95 bits per heavy atom. The van der Waals surface area contributed by atoms with Gasteiger partial charge in [-0.25, -0.2) is 24.4 Å². The van der Waals surface area contributed by atoms with E-state index in [0.29, 0.717) is 47.9 Å². The lowest BCUT2D eigenvalue weighted by atomic mass is 10.1. The fraction of sp³-hybridized carbons (Fsp3) is 0.462. The number of halogens is 1. The molecule has 2 aliphatic rings. The summed E-state index contributed by atoms with van der Waals surface area (Å²) in [6.07, 6.45) is 2.72. The van der Waals surface area contributed by atoms with E-state index in [1.54, 1.807) is 27.8 Å². The molecule has 39 heavy (non-hydrogen) atoms. The summed E-state index contributed by atoms with van der Waals surface area (Å²) in [7, 11) is 0. The highest BCUT2D eigenvalue weighted by Crippen LogP contribution is 2.43. The third kappa shape index (κ3) is 5.40. The molecule has 13 heteroatoms. The minimum absolute atomic E-state index is 0.0680. The molecule has 0 bridgehead atoms. The predicted octanol–water partition coefficient (Wildman–Crippen LogP) is 3.05. The SMILES string of the molecule is CC(C)(C)OC(=O)N1CCN(n2c(C(Nc3ncnc(N)c3C#N)C3CC3)nc3cccc(Cl)c3c2=O)CC1. The first kappa shape index (κ1) is 26.5. The van der Waals surface area contributed by atoms with Crippen molar-refractivity contribution in [2.45, 2.75) is 45.3 Å². The Labute approximate surface area is 230 Å². The number of piperazine rings is 1. The van der Waals surface area contributed by atoms with Gasteiger partial charge in [0.15, 0.2) is 5.82 Å². The zero-order valence-corrected chi connectivity index (χ0v) is 22.8. The number of nitrogens with two attached hydrogens (primary N) is 1. The number of nitrogen functional groups attached to an aromatic ring is 1. The van der Waals surface area contributed by atoms with Crippen LogP contribution < -0.4 is 21.6 Å². The van der Waals surface area contributed by atoms with Crippen LogP contribution in [0.1, 0.15) is 51.0 Å². The van der Waals surface area contributed by atoms with E-state index in [-0.39, 0.29) is 28.7 Å². The summed E-state index contributed by atoms with van der Waals surface area (Å²) in [5, 5.41) is 15.5. The second-order valence-electron chi connectivity index (χ2n) is 10.7. The van der Waals surface area contributed by atoms with E-state index in [1.165, 1.54) is 6.33 Å². The van der Waals surface area contributed by atoms with Crippen LogP contribution in [0.3, 0.4) is 0 Å². The van der Waals surface area contributed by atoms with E-state index in [4.69, 9.17) is 27.1 Å². The number of nitrogens with one attached hydrogen (secondary N) is 1. The normalized spacial score (nSPS) is 16.6.